The van der Waals surface area contributed by atoms with Gasteiger partial charge in [0.2, 0.25) is 5.95 Å². The number of hydrogen-bond acceptors (Lipinski definition) is 5. The van der Waals surface area contributed by atoms with Crippen LogP contribution in [0.1, 0.15) is 21.7 Å². The molecule has 0 aliphatic heterocycles. The summed E-state index contributed by atoms with van der Waals surface area (Å²) in [6, 6.07) is 16.7. The van der Waals surface area contributed by atoms with Crippen LogP contribution in [0.25, 0.3) is 0 Å². The molecule has 0 aliphatic carbocycles. The molecule has 1 heterocycles. The van der Waals surface area contributed by atoms with E-state index in [2.05, 4.69) is 20.6 Å². The average molecular weight is 348 g/mol. The van der Waals surface area contributed by atoms with Crippen LogP contribution in [-0.4, -0.2) is 23.0 Å². The molecule has 6 nitrogen and oxygen atoms in total. The van der Waals surface area contributed by atoms with E-state index in [0.717, 1.165) is 22.7 Å². The second-order valence-electron chi connectivity index (χ2n) is 5.90. The Morgan fingerprint density at radius 2 is 1.73 bits per heavy atom. The fourth-order valence-electron chi connectivity index (χ4n) is 2.46. The Morgan fingerprint density at radius 3 is 2.42 bits per heavy atom. The molecule has 3 aromatic rings. The largest absolute Gasteiger partial charge is 0.497 e. The molecular formula is C20H20N4O2. The van der Waals surface area contributed by atoms with E-state index in [1.54, 1.807) is 13.2 Å². The minimum Gasteiger partial charge on any atom is -0.497 e. The van der Waals surface area contributed by atoms with E-state index in [1.807, 2.05) is 62.4 Å². The number of carbonyl (C=O) groups is 1. The Kier molecular flexibility index (Phi) is 5.12. The fourth-order valence-corrected chi connectivity index (χ4v) is 2.46. The molecule has 0 aliphatic rings. The molecule has 1 aromatic heterocycles. The zero-order valence-electron chi connectivity index (χ0n) is 14.9. The van der Waals surface area contributed by atoms with Crippen molar-refractivity contribution in [2.75, 3.05) is 17.7 Å². The Bertz CT molecular complexity index is 923. The molecule has 26 heavy (non-hydrogen) atoms. The van der Waals surface area contributed by atoms with E-state index < -0.39 is 0 Å². The lowest BCUT2D eigenvalue weighted by Gasteiger charge is -2.10. The molecule has 6 heteroatoms. The number of rotatable bonds is 5. The number of ether oxygens (including phenoxy) is 1. The number of hydrogen-bond donors (Lipinski definition) is 2. The summed E-state index contributed by atoms with van der Waals surface area (Å²) < 4.78 is 5.14. The summed E-state index contributed by atoms with van der Waals surface area (Å²) in [5.74, 6) is 0.849. The quantitative estimate of drug-likeness (QED) is 0.726. The lowest BCUT2D eigenvalue weighted by molar-refractivity contribution is 0.102. The smallest absolute Gasteiger partial charge is 0.274 e. The minimum atomic E-state index is -0.279. The monoisotopic (exact) mass is 348 g/mol. The highest BCUT2D eigenvalue weighted by molar-refractivity contribution is 6.03. The molecule has 1 amide bonds. The zero-order chi connectivity index (χ0) is 18.5. The third kappa shape index (κ3) is 4.36. The molecule has 0 saturated carbocycles. The first kappa shape index (κ1) is 17.4. The average Bonchev–Trinajstić information content (AvgIpc) is 2.62. The van der Waals surface area contributed by atoms with Gasteiger partial charge in [-0.15, -0.1) is 0 Å². The van der Waals surface area contributed by atoms with Gasteiger partial charge in [0.25, 0.3) is 5.91 Å². The predicted octanol–water partition coefficient (Wildman–Crippen LogP) is 4.10. The van der Waals surface area contributed by atoms with Crippen molar-refractivity contribution in [3.8, 4) is 5.75 Å². The van der Waals surface area contributed by atoms with E-state index in [9.17, 15) is 4.79 Å². The molecule has 2 N–H and O–H groups in total. The molecule has 0 radical (unpaired) electrons. The topological polar surface area (TPSA) is 76.1 Å². The van der Waals surface area contributed by atoms with Crippen LogP contribution < -0.4 is 15.4 Å². The van der Waals surface area contributed by atoms with Crippen LogP contribution in [0.5, 0.6) is 5.75 Å². The number of benzene rings is 2. The number of anilines is 3. The molecule has 0 saturated heterocycles. The van der Waals surface area contributed by atoms with E-state index in [4.69, 9.17) is 4.74 Å². The minimum absolute atomic E-state index is 0.279. The molecule has 0 unspecified atom stereocenters. The van der Waals surface area contributed by atoms with Crippen LogP contribution in [0.15, 0.2) is 54.6 Å². The normalized spacial score (nSPS) is 10.3. The molecular weight excluding hydrogens is 328 g/mol. The van der Waals surface area contributed by atoms with Gasteiger partial charge < -0.3 is 15.4 Å². The van der Waals surface area contributed by atoms with Crippen LogP contribution in [0.3, 0.4) is 0 Å². The summed E-state index contributed by atoms with van der Waals surface area (Å²) >= 11 is 0. The maximum atomic E-state index is 12.5. The molecule has 0 bridgehead atoms. The van der Waals surface area contributed by atoms with Crippen LogP contribution in [-0.2, 0) is 0 Å². The summed E-state index contributed by atoms with van der Waals surface area (Å²) in [7, 11) is 1.62. The summed E-state index contributed by atoms with van der Waals surface area (Å²) in [5.41, 5.74) is 3.61. The number of nitrogens with zero attached hydrogens (tertiary/aromatic N) is 2. The van der Waals surface area contributed by atoms with Gasteiger partial charge in [0.1, 0.15) is 11.4 Å². The Hall–Kier alpha value is -3.41. The van der Waals surface area contributed by atoms with Crippen LogP contribution in [0.4, 0.5) is 17.3 Å². The zero-order valence-corrected chi connectivity index (χ0v) is 14.9. The number of amides is 1. The van der Waals surface area contributed by atoms with Gasteiger partial charge >= 0.3 is 0 Å². The van der Waals surface area contributed by atoms with Crippen molar-refractivity contribution >= 4 is 23.2 Å². The van der Waals surface area contributed by atoms with Crippen molar-refractivity contribution in [3.63, 3.8) is 0 Å². The van der Waals surface area contributed by atoms with Crippen molar-refractivity contribution in [3.05, 3.63) is 71.5 Å². The number of methoxy groups -OCH3 is 1. The first-order valence-electron chi connectivity index (χ1n) is 8.18. The highest BCUT2D eigenvalue weighted by Gasteiger charge is 2.11. The van der Waals surface area contributed by atoms with E-state index in [0.29, 0.717) is 17.3 Å². The number of aryl methyl sites for hydroxylation is 2. The van der Waals surface area contributed by atoms with Crippen molar-refractivity contribution in [2.45, 2.75) is 13.8 Å². The van der Waals surface area contributed by atoms with Gasteiger partial charge in [-0.25, -0.2) is 9.97 Å². The number of nitrogens with one attached hydrogen (secondary N) is 2. The maximum Gasteiger partial charge on any atom is 0.274 e. The lowest BCUT2D eigenvalue weighted by Crippen LogP contribution is -2.15. The van der Waals surface area contributed by atoms with Gasteiger partial charge in [0, 0.05) is 17.1 Å². The number of aromatic nitrogens is 2. The van der Waals surface area contributed by atoms with Gasteiger partial charge in [0.05, 0.1) is 7.11 Å². The van der Waals surface area contributed by atoms with Gasteiger partial charge in [-0.2, -0.15) is 0 Å². The second-order valence-corrected chi connectivity index (χ2v) is 5.90. The summed E-state index contributed by atoms with van der Waals surface area (Å²) in [4.78, 5) is 21.2. The summed E-state index contributed by atoms with van der Waals surface area (Å²) in [5, 5.41) is 5.97. The summed E-state index contributed by atoms with van der Waals surface area (Å²) in [6.07, 6.45) is 0. The molecule has 0 spiro atoms. The standard InChI is InChI=1S/C20H20N4O2/c1-13-5-4-6-16(11-13)22-19(25)18-12-14(2)21-20(24-18)23-15-7-9-17(26-3)10-8-15/h4-12H,1-3H3,(H,22,25)(H,21,23,24). The second kappa shape index (κ2) is 7.65. The third-order valence-electron chi connectivity index (χ3n) is 3.71. The third-order valence-corrected chi connectivity index (χ3v) is 3.71. The SMILES string of the molecule is COc1ccc(Nc2nc(C)cc(C(=O)Nc3cccc(C)c3)n2)cc1. The van der Waals surface area contributed by atoms with Crippen LogP contribution in [0.2, 0.25) is 0 Å². The van der Waals surface area contributed by atoms with E-state index >= 15 is 0 Å². The van der Waals surface area contributed by atoms with Gasteiger partial charge in [-0.05, 0) is 61.9 Å². The van der Waals surface area contributed by atoms with Gasteiger partial charge in [-0.1, -0.05) is 12.1 Å². The van der Waals surface area contributed by atoms with Crippen LogP contribution in [0, 0.1) is 13.8 Å². The van der Waals surface area contributed by atoms with Crippen molar-refractivity contribution in [2.24, 2.45) is 0 Å². The summed E-state index contributed by atoms with van der Waals surface area (Å²) in [6.45, 7) is 3.80. The number of carbonyl (C=O) groups excluding carboxylic acids is 1. The molecule has 132 valence electrons. The first-order chi connectivity index (χ1) is 12.5. The highest BCUT2D eigenvalue weighted by Crippen LogP contribution is 2.19. The fraction of sp³-hybridized carbons (Fsp3) is 0.150. The Morgan fingerprint density at radius 1 is 0.962 bits per heavy atom. The Balaban J connectivity index is 1.79. The maximum absolute atomic E-state index is 12.5. The van der Waals surface area contributed by atoms with Crippen molar-refractivity contribution < 1.29 is 9.53 Å². The molecule has 0 fully saturated rings. The van der Waals surface area contributed by atoms with Crippen molar-refractivity contribution in [1.82, 2.24) is 9.97 Å². The lowest BCUT2D eigenvalue weighted by atomic mass is 10.2. The van der Waals surface area contributed by atoms with E-state index in [1.165, 1.54) is 0 Å². The van der Waals surface area contributed by atoms with Gasteiger partial charge in [-0.3, -0.25) is 4.79 Å². The Labute approximate surface area is 152 Å². The van der Waals surface area contributed by atoms with Crippen LogP contribution >= 0.6 is 0 Å². The molecule has 0 atom stereocenters. The molecule has 2 aromatic carbocycles. The van der Waals surface area contributed by atoms with E-state index in [-0.39, 0.29) is 5.91 Å². The first-order valence-corrected chi connectivity index (χ1v) is 8.18. The highest BCUT2D eigenvalue weighted by atomic mass is 16.5. The molecule has 3 rings (SSSR count). The predicted molar refractivity (Wildman–Crippen MR) is 102 cm³/mol. The van der Waals surface area contributed by atoms with Gasteiger partial charge in [0.15, 0.2) is 0 Å². The van der Waals surface area contributed by atoms with Crippen molar-refractivity contribution in [1.29, 1.82) is 0 Å².